The fraction of sp³-hybridized carbons (Fsp3) is 0.318. The summed E-state index contributed by atoms with van der Waals surface area (Å²) in [6.07, 6.45) is 18.4. The zero-order chi connectivity index (χ0) is 91.1. The number of carbonyl (C=O) groups excluding carboxylic acids is 5. The third-order valence-corrected chi connectivity index (χ3v) is 21.9. The lowest BCUT2D eigenvalue weighted by atomic mass is 10.1. The Balaban J connectivity index is 0.000000121. The van der Waals surface area contributed by atoms with Crippen LogP contribution in [0.4, 0.5) is 57.3 Å². The zero-order valence-electron chi connectivity index (χ0n) is 73.4. The Labute approximate surface area is 742 Å². The lowest BCUT2D eigenvalue weighted by Gasteiger charge is -2.29. The van der Waals surface area contributed by atoms with E-state index in [0.717, 1.165) is 68.3 Å². The Morgan fingerprint density at radius 2 is 0.900 bits per heavy atom. The molecule has 0 unspecified atom stereocenters. The number of hydrogen-bond donors (Lipinski definition) is 8. The van der Waals surface area contributed by atoms with Gasteiger partial charge in [0.25, 0.3) is 17.0 Å². The Kier molecular flexibility index (Phi) is 23.6. The molecule has 0 bridgehead atoms. The first-order valence-electron chi connectivity index (χ1n) is 41.8. The fourth-order valence-electron chi connectivity index (χ4n) is 14.8. The predicted octanol–water partition coefficient (Wildman–Crippen LogP) is 8.95. The number of aromatic nitrogens is 19. The average molecular weight is 1760 g/mol. The van der Waals surface area contributed by atoms with E-state index in [2.05, 4.69) is 122 Å². The molecule has 7 aliphatic rings. The molecule has 13 aromatic rings. The van der Waals surface area contributed by atoms with Crippen LogP contribution in [-0.4, -0.2) is 192 Å². The maximum atomic E-state index is 12.9. The second-order valence-electron chi connectivity index (χ2n) is 32.8. The van der Waals surface area contributed by atoms with Crippen molar-refractivity contribution < 1.29 is 42.9 Å². The number of amidine groups is 1. The first-order chi connectivity index (χ1) is 62.6. The van der Waals surface area contributed by atoms with E-state index in [9.17, 15) is 33.6 Å². The molecule has 4 aliphatic carbocycles. The van der Waals surface area contributed by atoms with Crippen LogP contribution in [-0.2, 0) is 68.0 Å². The summed E-state index contributed by atoms with van der Waals surface area (Å²) in [6, 6.07) is 27.3. The molecule has 42 heteroatoms. The number of fused-ring (bicyclic) bond motifs is 4. The molecule has 0 atom stereocenters. The molecule has 8 N–H and O–H groups in total. The number of carbonyl (C=O) groups is 5. The third-order valence-electron chi connectivity index (χ3n) is 21.9. The normalized spacial score (nSPS) is 15.4. The minimum absolute atomic E-state index is 0.0122. The number of aryl methyl sites for hydroxylation is 6. The molecular formula is C88H93N31O11. The molecule has 20 rings (SSSR count). The van der Waals surface area contributed by atoms with E-state index < -0.39 is 0 Å². The monoisotopic (exact) mass is 1760 g/mol. The van der Waals surface area contributed by atoms with Gasteiger partial charge in [0.05, 0.1) is 133 Å². The highest BCUT2D eigenvalue weighted by atomic mass is 16.5. The number of ether oxygens (including phenoxy) is 4. The van der Waals surface area contributed by atoms with Gasteiger partial charge >= 0.3 is 0 Å². The van der Waals surface area contributed by atoms with E-state index in [4.69, 9.17) is 28.9 Å². The quantitative estimate of drug-likeness (QED) is 0.0296. The van der Waals surface area contributed by atoms with Gasteiger partial charge in [-0.15, -0.1) is 0 Å². The molecule has 9 aromatic heterocycles. The van der Waals surface area contributed by atoms with Crippen molar-refractivity contribution >= 4 is 120 Å². The first-order valence-corrected chi connectivity index (χ1v) is 41.8. The van der Waals surface area contributed by atoms with Crippen molar-refractivity contribution in [1.82, 2.24) is 114 Å². The van der Waals surface area contributed by atoms with E-state index >= 15 is 0 Å². The standard InChI is InChI=1S/2C22H22N8O3.C22H26N8O2.C22H23N7O3/c1-29-11-23-20(28-29)13-5-4-6-14(19(13)33-3)25-15-9-17(27-21(31)12-7-8-12)26-16-10-24-30(2)22(32)18(15)16;1-29-10-23-20-17(22(29)32)15(9-16(26-20)27-21(31)12-7-8-12)25-14-6-4-5-13(18(14)33-3)19-24-11-30(2)28-19;1-22(2)11-30-20(26-22)16(10-17(27-30)25-21(31)13-8-9-13)24-15-7-5-6-14(18(15)32-4)19-23-12-29(3)28-19;1-28-10-16-18(22(28)31)15(9-17(25-16)26-21(30)12-7-8-12)24-14-6-4-5-13(19(14)32-3)20-23-11-29(2)27-20/h2*4-6,9-12H,7-8H2,1-3H3,(H2,25,26,27,31);5-7,10,12-13,27H,8-9,11H2,1-4H3,(H,25,31);4-6,9,11-12H,7-8,10H2,1-3H3,(H2,24,25,26,30). The Morgan fingerprint density at radius 3 is 1.35 bits per heavy atom. The number of benzene rings is 4. The minimum Gasteiger partial charge on any atom is -0.494 e. The average Bonchev–Trinajstić information content (AvgIpc) is 1.27. The van der Waals surface area contributed by atoms with Crippen molar-refractivity contribution in [3.05, 3.63) is 173 Å². The van der Waals surface area contributed by atoms with Gasteiger partial charge < -0.3 is 65.6 Å². The maximum absolute atomic E-state index is 12.9. The van der Waals surface area contributed by atoms with Crippen LogP contribution in [0.5, 0.6) is 23.0 Å². The van der Waals surface area contributed by atoms with Gasteiger partial charge in [-0.25, -0.2) is 49.5 Å². The maximum Gasteiger partial charge on any atom is 0.278 e. The Bertz CT molecular complexity index is 6680. The van der Waals surface area contributed by atoms with Gasteiger partial charge in [-0.05, 0) is 114 Å². The SMILES string of the molecule is COc1c(N=C2C=C(NC(=O)C3CC3)NN3CC(C)(C)N=C23)cccc1-c1ncn(C)n1.COc1c(Nc2cc(NC(=O)C3CC3)nc3c2C(=O)N(C)C3)cccc1-c1ncn(C)n1.COc1c(Nc2cc(NC(=O)C3CC3)nc3cnn(C)c(=O)c23)cccc1-c1ncn(C)n1.COc1c(Nc2cc(NC(=O)C3CC3)nc3ncn(C)c(=O)c23)cccc1-c1ncn(C)n1. The van der Waals surface area contributed by atoms with Crippen LogP contribution in [0.3, 0.4) is 0 Å². The molecule has 5 amide bonds. The summed E-state index contributed by atoms with van der Waals surface area (Å²) in [4.78, 5) is 134. The van der Waals surface area contributed by atoms with Crippen molar-refractivity contribution in [2.75, 3.05) is 73.9 Å². The predicted molar refractivity (Wildman–Crippen MR) is 483 cm³/mol. The summed E-state index contributed by atoms with van der Waals surface area (Å²) < 4.78 is 31.8. The van der Waals surface area contributed by atoms with E-state index in [1.807, 2.05) is 90.9 Å². The summed E-state index contributed by atoms with van der Waals surface area (Å²) in [6.45, 7) is 5.17. The highest BCUT2D eigenvalue weighted by Gasteiger charge is 2.40. The van der Waals surface area contributed by atoms with Crippen molar-refractivity contribution in [2.24, 2.45) is 75.9 Å². The molecule has 12 heterocycles. The van der Waals surface area contributed by atoms with Crippen LogP contribution in [0.1, 0.15) is 81.3 Å². The number of methoxy groups -OCH3 is 4. The van der Waals surface area contributed by atoms with Gasteiger partial charge in [-0.2, -0.15) is 25.5 Å². The van der Waals surface area contributed by atoms with Crippen molar-refractivity contribution in [3.63, 3.8) is 0 Å². The summed E-state index contributed by atoms with van der Waals surface area (Å²) >= 11 is 0. The van der Waals surface area contributed by atoms with E-state index in [0.29, 0.717) is 167 Å². The first kappa shape index (κ1) is 85.9. The van der Waals surface area contributed by atoms with Crippen molar-refractivity contribution in [1.29, 1.82) is 0 Å². The molecule has 0 radical (unpaired) electrons. The number of amides is 5. The van der Waals surface area contributed by atoms with Gasteiger partial charge in [0.2, 0.25) is 23.6 Å². The number of nitrogens with one attached hydrogen (secondary N) is 8. The second kappa shape index (κ2) is 35.7. The number of rotatable bonds is 23. The van der Waals surface area contributed by atoms with E-state index in [-0.39, 0.29) is 75.5 Å². The van der Waals surface area contributed by atoms with Crippen molar-refractivity contribution in [2.45, 2.75) is 77.3 Å². The molecule has 130 heavy (non-hydrogen) atoms. The lowest BCUT2D eigenvalue weighted by Crippen LogP contribution is -2.51. The smallest absolute Gasteiger partial charge is 0.278 e. The largest absolute Gasteiger partial charge is 0.494 e. The van der Waals surface area contributed by atoms with Crippen LogP contribution >= 0.6 is 0 Å². The second-order valence-corrected chi connectivity index (χ2v) is 32.8. The summed E-state index contributed by atoms with van der Waals surface area (Å²) in [5, 5.41) is 45.6. The summed E-state index contributed by atoms with van der Waals surface area (Å²) in [7, 11) is 18.4. The lowest BCUT2D eigenvalue weighted by molar-refractivity contribution is -0.122. The number of pyridine rings is 3. The third kappa shape index (κ3) is 18.6. The van der Waals surface area contributed by atoms with Gasteiger partial charge in [-0.3, -0.25) is 67.7 Å². The van der Waals surface area contributed by atoms with Gasteiger partial charge in [0.15, 0.2) is 57.8 Å². The minimum atomic E-state index is -0.316. The van der Waals surface area contributed by atoms with Crippen LogP contribution in [0.25, 0.3) is 67.5 Å². The molecule has 4 aromatic carbocycles. The molecule has 666 valence electrons. The Hall–Kier alpha value is -16.2. The molecule has 4 saturated carbocycles. The molecule has 0 saturated heterocycles. The molecular weight excluding hydrogens is 1670 g/mol. The summed E-state index contributed by atoms with van der Waals surface area (Å²) in [5.74, 6) is 6.55. The highest BCUT2D eigenvalue weighted by molar-refractivity contribution is 6.47. The Morgan fingerprint density at radius 1 is 0.477 bits per heavy atom. The topological polar surface area (TPSA) is 481 Å². The van der Waals surface area contributed by atoms with Gasteiger partial charge in [0, 0.05) is 97.3 Å². The number of hydrogen-bond acceptors (Lipinski definition) is 31. The van der Waals surface area contributed by atoms with Gasteiger partial charge in [0.1, 0.15) is 70.9 Å². The number of anilines is 9. The van der Waals surface area contributed by atoms with E-state index in [1.165, 1.54) is 21.8 Å². The number of aliphatic imine (C=N–C) groups is 2. The molecule has 4 fully saturated rings. The highest BCUT2D eigenvalue weighted by Crippen LogP contribution is 2.45. The van der Waals surface area contributed by atoms with E-state index in [1.54, 1.807) is 138 Å². The molecule has 42 nitrogen and oxygen atoms in total. The van der Waals surface area contributed by atoms with Crippen LogP contribution in [0.15, 0.2) is 160 Å². The van der Waals surface area contributed by atoms with Gasteiger partial charge in [-0.1, -0.05) is 24.3 Å². The fourth-order valence-corrected chi connectivity index (χ4v) is 14.8. The van der Waals surface area contributed by atoms with Crippen LogP contribution < -0.4 is 72.7 Å². The van der Waals surface area contributed by atoms with Crippen molar-refractivity contribution in [3.8, 4) is 68.5 Å². The zero-order valence-corrected chi connectivity index (χ0v) is 73.4. The number of nitrogens with zero attached hydrogens (tertiary/aromatic N) is 23. The number of hydrazine groups is 1. The van der Waals surface area contributed by atoms with Crippen LogP contribution in [0.2, 0.25) is 0 Å². The van der Waals surface area contributed by atoms with Crippen LogP contribution in [0, 0.1) is 23.7 Å². The number of para-hydroxylation sites is 4. The molecule has 0 spiro atoms. The molecule has 3 aliphatic heterocycles. The summed E-state index contributed by atoms with van der Waals surface area (Å²) in [5.41, 5.74) is 11.6.